The maximum atomic E-state index is 4.52. The molecule has 0 bridgehead atoms. The maximum absolute atomic E-state index is 4.52. The van der Waals surface area contributed by atoms with Crippen LogP contribution in [0.5, 0.6) is 0 Å². The van der Waals surface area contributed by atoms with Crippen LogP contribution in [0, 0.1) is 0 Å². The maximum Gasteiger partial charge on any atom is 0.160 e. The molecule has 0 aliphatic heterocycles. The first kappa shape index (κ1) is 16.2. The second-order valence-electron chi connectivity index (χ2n) is 5.46. The molecule has 6 nitrogen and oxygen atoms in total. The molecule has 1 heterocycles. The Morgan fingerprint density at radius 1 is 1.14 bits per heavy atom. The molecule has 0 atom stereocenters. The summed E-state index contributed by atoms with van der Waals surface area (Å²) in [4.78, 5) is 3.94. The van der Waals surface area contributed by atoms with E-state index >= 15 is 0 Å². The summed E-state index contributed by atoms with van der Waals surface area (Å²) in [7, 11) is 9.84. The van der Waals surface area contributed by atoms with Crippen molar-refractivity contribution in [1.29, 1.82) is 0 Å². The zero-order valence-electron chi connectivity index (χ0n) is 14.1. The van der Waals surface area contributed by atoms with Crippen LogP contribution < -0.4 is 16.1 Å². The summed E-state index contributed by atoms with van der Waals surface area (Å²) < 4.78 is 0. The minimum atomic E-state index is 0.850. The van der Waals surface area contributed by atoms with Gasteiger partial charge >= 0.3 is 0 Å². The third-order valence-electron chi connectivity index (χ3n) is 3.63. The number of hydrogen-bond donors (Lipinski definition) is 3. The molecule has 0 radical (unpaired) electrons. The largest absolute Gasteiger partial charge is 0.371 e. The summed E-state index contributed by atoms with van der Waals surface area (Å²) in [6, 6.07) is 8.64. The zero-order valence-corrected chi connectivity index (χ0v) is 14.1. The molecule has 0 aliphatic carbocycles. The Bertz CT molecular complexity index is 617. The zero-order chi connectivity index (χ0) is 16.1. The summed E-state index contributed by atoms with van der Waals surface area (Å²) in [6.07, 6.45) is 1.03. The van der Waals surface area contributed by atoms with Crippen molar-refractivity contribution in [2.75, 3.05) is 57.8 Å². The normalized spacial score (nSPS) is 10.8. The van der Waals surface area contributed by atoms with Gasteiger partial charge in [-0.2, -0.15) is 4.79 Å². The van der Waals surface area contributed by atoms with Gasteiger partial charge in [-0.15, -0.1) is 5.10 Å². The second kappa shape index (κ2) is 7.17. The van der Waals surface area contributed by atoms with Crippen LogP contribution in [0.15, 0.2) is 24.3 Å². The number of likely N-dealkylation sites (N-methyl/N-ethyl adjacent to an activating group) is 1. The van der Waals surface area contributed by atoms with E-state index in [1.54, 1.807) is 4.79 Å². The van der Waals surface area contributed by atoms with Crippen LogP contribution in [0.4, 0.5) is 11.6 Å². The Labute approximate surface area is 132 Å². The predicted octanol–water partition coefficient (Wildman–Crippen LogP) is 1.91. The molecule has 1 aromatic heterocycles. The van der Waals surface area contributed by atoms with E-state index in [0.29, 0.717) is 0 Å². The minimum Gasteiger partial charge on any atom is -0.371 e. The van der Waals surface area contributed by atoms with Crippen molar-refractivity contribution in [3.63, 3.8) is 0 Å². The number of hydrogen-bond acceptors (Lipinski definition) is 5. The molecule has 0 spiro atoms. The molecule has 22 heavy (non-hydrogen) atoms. The van der Waals surface area contributed by atoms with Gasteiger partial charge in [0.1, 0.15) is 0 Å². The van der Waals surface area contributed by atoms with Gasteiger partial charge in [-0.25, -0.2) is 0 Å². The van der Waals surface area contributed by atoms with E-state index < -0.39 is 0 Å². The molecule has 120 valence electrons. The van der Waals surface area contributed by atoms with Crippen LogP contribution >= 0.6 is 0 Å². The van der Waals surface area contributed by atoms with E-state index in [0.717, 1.165) is 35.7 Å². The fourth-order valence-electron chi connectivity index (χ4n) is 2.49. The molecule has 2 rings (SSSR count). The molecule has 1 aromatic carbocycles. The summed E-state index contributed by atoms with van der Waals surface area (Å²) in [5, 5.41) is 10.9. The van der Waals surface area contributed by atoms with Gasteiger partial charge in [-0.1, -0.05) is 24.3 Å². The van der Waals surface area contributed by atoms with E-state index in [4.69, 9.17) is 0 Å². The standard InChI is InChI=1S/C16H26N6/c1-17-15-14(16(18-2)22(19-3)20-15)13-8-6-7-12(11-13)9-10-21(4)5/h6-8,11,18-19H,9-10H2,1-5H3,(H,17,20). The van der Waals surface area contributed by atoms with Gasteiger partial charge in [0.25, 0.3) is 0 Å². The van der Waals surface area contributed by atoms with Crippen LogP contribution in [0.25, 0.3) is 11.1 Å². The lowest BCUT2D eigenvalue weighted by Gasteiger charge is -2.11. The Balaban J connectivity index is 2.42. The highest BCUT2D eigenvalue weighted by Crippen LogP contribution is 2.34. The van der Waals surface area contributed by atoms with Crippen molar-refractivity contribution < 1.29 is 0 Å². The van der Waals surface area contributed by atoms with E-state index in [1.807, 2.05) is 21.1 Å². The molecule has 0 unspecified atom stereocenters. The average Bonchev–Trinajstić information content (AvgIpc) is 2.90. The van der Waals surface area contributed by atoms with Crippen molar-refractivity contribution in [2.45, 2.75) is 6.42 Å². The van der Waals surface area contributed by atoms with Gasteiger partial charge in [-0.3, -0.25) is 0 Å². The molecule has 0 saturated carbocycles. The number of anilines is 2. The highest BCUT2D eigenvalue weighted by molar-refractivity contribution is 5.85. The van der Waals surface area contributed by atoms with Crippen molar-refractivity contribution in [3.05, 3.63) is 29.8 Å². The van der Waals surface area contributed by atoms with Gasteiger partial charge in [-0.05, 0) is 31.6 Å². The first-order valence-electron chi connectivity index (χ1n) is 7.51. The average molecular weight is 302 g/mol. The summed E-state index contributed by atoms with van der Waals surface area (Å²) >= 11 is 0. The van der Waals surface area contributed by atoms with E-state index in [9.17, 15) is 0 Å². The predicted molar refractivity (Wildman–Crippen MR) is 94.3 cm³/mol. The van der Waals surface area contributed by atoms with Gasteiger partial charge in [0.2, 0.25) is 0 Å². The lowest BCUT2D eigenvalue weighted by molar-refractivity contribution is 0.413. The summed E-state index contributed by atoms with van der Waals surface area (Å²) in [6.45, 7) is 1.04. The topological polar surface area (TPSA) is 57.2 Å². The van der Waals surface area contributed by atoms with Crippen LogP contribution in [0.3, 0.4) is 0 Å². The van der Waals surface area contributed by atoms with Gasteiger partial charge in [0.05, 0.1) is 5.56 Å². The highest BCUT2D eigenvalue weighted by atomic mass is 15.6. The minimum absolute atomic E-state index is 0.850. The van der Waals surface area contributed by atoms with Crippen LogP contribution in [-0.4, -0.2) is 56.6 Å². The number of aromatic nitrogens is 2. The SMILES string of the molecule is CNc1nn(NC)c(NC)c1-c1cccc(CCN(C)C)c1. The van der Waals surface area contributed by atoms with E-state index in [1.165, 1.54) is 5.56 Å². The fourth-order valence-corrected chi connectivity index (χ4v) is 2.49. The Kier molecular flexibility index (Phi) is 5.27. The third-order valence-corrected chi connectivity index (χ3v) is 3.63. The lowest BCUT2D eigenvalue weighted by atomic mass is 10.0. The summed E-state index contributed by atoms with van der Waals surface area (Å²) in [5.74, 6) is 1.79. The number of nitrogens with one attached hydrogen (secondary N) is 3. The quantitative estimate of drug-likeness (QED) is 0.729. The van der Waals surface area contributed by atoms with Crippen molar-refractivity contribution in [2.24, 2.45) is 0 Å². The van der Waals surface area contributed by atoms with Crippen LogP contribution in [0.1, 0.15) is 5.56 Å². The Hall–Kier alpha value is -2.21. The number of nitrogens with zero attached hydrogens (tertiary/aromatic N) is 3. The van der Waals surface area contributed by atoms with Gasteiger partial charge in [0.15, 0.2) is 11.6 Å². The van der Waals surface area contributed by atoms with Crippen molar-refractivity contribution in [1.82, 2.24) is 14.8 Å². The third kappa shape index (κ3) is 3.33. The molecule has 2 aromatic rings. The van der Waals surface area contributed by atoms with Crippen LogP contribution in [-0.2, 0) is 6.42 Å². The molecule has 0 amide bonds. The molecule has 0 fully saturated rings. The van der Waals surface area contributed by atoms with Crippen LogP contribution in [0.2, 0.25) is 0 Å². The van der Waals surface area contributed by atoms with Gasteiger partial charge in [0, 0.05) is 27.7 Å². The van der Waals surface area contributed by atoms with Gasteiger partial charge < -0.3 is 21.0 Å². The Morgan fingerprint density at radius 2 is 1.91 bits per heavy atom. The number of benzene rings is 1. The smallest absolute Gasteiger partial charge is 0.160 e. The Morgan fingerprint density at radius 3 is 2.50 bits per heavy atom. The van der Waals surface area contributed by atoms with Crippen molar-refractivity contribution >= 4 is 11.6 Å². The molecule has 0 saturated heterocycles. The molecular weight excluding hydrogens is 276 g/mol. The molecular formula is C16H26N6. The fraction of sp³-hybridized carbons (Fsp3) is 0.438. The first-order valence-corrected chi connectivity index (χ1v) is 7.51. The molecule has 6 heteroatoms. The molecule has 3 N–H and O–H groups in total. The highest BCUT2D eigenvalue weighted by Gasteiger charge is 2.17. The first-order chi connectivity index (χ1) is 10.6. The number of rotatable bonds is 7. The summed E-state index contributed by atoms with van der Waals surface area (Å²) in [5.41, 5.74) is 6.62. The van der Waals surface area contributed by atoms with Crippen molar-refractivity contribution in [3.8, 4) is 11.1 Å². The van der Waals surface area contributed by atoms with E-state index in [-0.39, 0.29) is 0 Å². The molecule has 0 aliphatic rings. The van der Waals surface area contributed by atoms with E-state index in [2.05, 4.69) is 64.4 Å². The monoisotopic (exact) mass is 302 g/mol. The second-order valence-corrected chi connectivity index (χ2v) is 5.46. The lowest BCUT2D eigenvalue weighted by Crippen LogP contribution is -2.15.